The number of carbonyl (C=O) groups is 1. The fourth-order valence-corrected chi connectivity index (χ4v) is 11.9. The van der Waals surface area contributed by atoms with Crippen LogP contribution in [0.2, 0.25) is 43.8 Å². The highest BCUT2D eigenvalue weighted by Crippen LogP contribution is 2.42. The molecular weight excluding hydrogens is 357 g/mol. The zero-order valence-corrected chi connectivity index (χ0v) is 19.1. The number of hydrogen-bond acceptors (Lipinski definition) is 1. The summed E-state index contributed by atoms with van der Waals surface area (Å²) in [7, 11) is -0.845. The average Bonchev–Trinajstić information content (AvgIpc) is 2.52. The molecule has 24 heavy (non-hydrogen) atoms. The molecular formula is C18H37ClFNOSi2. The molecule has 1 fully saturated rings. The summed E-state index contributed by atoms with van der Waals surface area (Å²) >= 11 is 6.54. The van der Waals surface area contributed by atoms with E-state index in [-0.39, 0.29) is 12.6 Å². The fraction of sp³-hybridized carbons (Fsp3) is 0.944. The second-order valence-corrected chi connectivity index (χ2v) is 21.2. The number of nitrogens with zero attached hydrogens (tertiary/aromatic N) is 1. The summed E-state index contributed by atoms with van der Waals surface area (Å²) in [5.41, 5.74) is 0.797. The molecule has 0 bridgehead atoms. The molecule has 0 saturated heterocycles. The van der Waals surface area contributed by atoms with Crippen LogP contribution in [0, 0.1) is 0 Å². The van der Waals surface area contributed by atoms with Gasteiger partial charge in [0.1, 0.15) is 7.38 Å². The van der Waals surface area contributed by atoms with Gasteiger partial charge in [-0.2, -0.15) is 11.1 Å². The molecule has 2 unspecified atom stereocenters. The van der Waals surface area contributed by atoms with E-state index in [1.165, 1.54) is 24.9 Å². The number of carbonyl (C=O) groups excluding carboxylic acids is 1. The van der Waals surface area contributed by atoms with Gasteiger partial charge in [-0.1, -0.05) is 45.1 Å². The molecule has 0 radical (unpaired) electrons. The van der Waals surface area contributed by atoms with Gasteiger partial charge >= 0.3 is 0 Å². The van der Waals surface area contributed by atoms with E-state index in [1.54, 1.807) is 0 Å². The van der Waals surface area contributed by atoms with Gasteiger partial charge in [0.2, 0.25) is 5.91 Å². The summed E-state index contributed by atoms with van der Waals surface area (Å²) in [6, 6.07) is 2.92. The Labute approximate surface area is 155 Å². The normalized spacial score (nSPS) is 22.5. The van der Waals surface area contributed by atoms with E-state index in [4.69, 9.17) is 11.1 Å². The second-order valence-electron chi connectivity index (χ2n) is 8.88. The maximum atomic E-state index is 12.3. The molecule has 142 valence electrons. The van der Waals surface area contributed by atoms with E-state index in [0.717, 1.165) is 18.4 Å². The second kappa shape index (κ2) is 9.72. The summed E-state index contributed by atoms with van der Waals surface area (Å²) in [6.07, 6.45) is 6.52. The first kappa shape index (κ1) is 22.2. The molecule has 6 heteroatoms. The van der Waals surface area contributed by atoms with Gasteiger partial charge in [-0.15, -0.1) is 0 Å². The third kappa shape index (κ3) is 7.57. The van der Waals surface area contributed by atoms with Crippen molar-refractivity contribution in [3.8, 4) is 0 Å². The first-order valence-corrected chi connectivity index (χ1v) is 17.1. The van der Waals surface area contributed by atoms with Crippen LogP contribution in [0.15, 0.2) is 0 Å². The van der Waals surface area contributed by atoms with Crippen molar-refractivity contribution in [1.82, 2.24) is 4.90 Å². The van der Waals surface area contributed by atoms with Crippen LogP contribution in [-0.4, -0.2) is 46.0 Å². The largest absolute Gasteiger partial charge is 0.343 e. The van der Waals surface area contributed by atoms with Gasteiger partial charge in [-0.25, -0.2) is 0 Å². The van der Waals surface area contributed by atoms with Crippen molar-refractivity contribution in [3.63, 3.8) is 0 Å². The molecule has 1 saturated carbocycles. The lowest BCUT2D eigenvalue weighted by molar-refractivity contribution is -0.132. The highest BCUT2D eigenvalue weighted by molar-refractivity contribution is 7.19. The summed E-state index contributed by atoms with van der Waals surface area (Å²) < 4.78 is 12.2. The summed E-state index contributed by atoms with van der Waals surface area (Å²) in [4.78, 5) is 14.3. The molecule has 1 aliphatic rings. The molecule has 0 heterocycles. The first-order valence-electron chi connectivity index (χ1n) is 9.57. The van der Waals surface area contributed by atoms with Gasteiger partial charge in [-0.3, -0.25) is 9.18 Å². The van der Waals surface area contributed by atoms with Gasteiger partial charge in [0.05, 0.1) is 14.7 Å². The molecule has 0 spiro atoms. The number of alkyl halides is 1. The van der Waals surface area contributed by atoms with Crippen molar-refractivity contribution in [2.24, 2.45) is 0 Å². The lowest BCUT2D eigenvalue weighted by Gasteiger charge is -2.42. The SMILES string of the molecule is CN(C(=O)CCCCF)C1CCCC([Si](C)(C)CC[Si](C)(C)Cl)C1. The van der Waals surface area contributed by atoms with Crippen molar-refractivity contribution in [1.29, 1.82) is 0 Å². The van der Waals surface area contributed by atoms with Crippen molar-refractivity contribution < 1.29 is 9.18 Å². The van der Waals surface area contributed by atoms with Crippen molar-refractivity contribution in [2.45, 2.75) is 94.8 Å². The molecule has 2 nitrogen and oxygen atoms in total. The Morgan fingerprint density at radius 1 is 1.17 bits per heavy atom. The highest BCUT2D eigenvalue weighted by Gasteiger charge is 2.38. The van der Waals surface area contributed by atoms with Crippen LogP contribution in [0.3, 0.4) is 0 Å². The fourth-order valence-electron chi connectivity index (χ4n) is 3.80. The molecule has 2 atom stereocenters. The van der Waals surface area contributed by atoms with Gasteiger partial charge in [0.25, 0.3) is 0 Å². The molecule has 1 rings (SSSR count). The van der Waals surface area contributed by atoms with Gasteiger partial charge < -0.3 is 4.90 Å². The summed E-state index contributed by atoms with van der Waals surface area (Å²) in [6.45, 7) is 9.20. The maximum Gasteiger partial charge on any atom is 0.222 e. The molecule has 1 amide bonds. The molecule has 0 aromatic carbocycles. The van der Waals surface area contributed by atoms with Crippen LogP contribution in [0.5, 0.6) is 0 Å². The minimum Gasteiger partial charge on any atom is -0.343 e. The van der Waals surface area contributed by atoms with E-state index < -0.39 is 15.5 Å². The van der Waals surface area contributed by atoms with Crippen LogP contribution in [0.1, 0.15) is 44.9 Å². The Hall–Kier alpha value is 0.124. The Morgan fingerprint density at radius 3 is 2.42 bits per heavy atom. The van der Waals surface area contributed by atoms with Gasteiger partial charge in [-0.05, 0) is 37.3 Å². The van der Waals surface area contributed by atoms with Crippen LogP contribution in [0.4, 0.5) is 4.39 Å². The highest BCUT2D eigenvalue weighted by atomic mass is 35.6. The zero-order valence-electron chi connectivity index (χ0n) is 16.3. The predicted molar refractivity (Wildman–Crippen MR) is 109 cm³/mol. The van der Waals surface area contributed by atoms with E-state index >= 15 is 0 Å². The number of rotatable bonds is 9. The lowest BCUT2D eigenvalue weighted by Crippen LogP contribution is -2.44. The number of unbranched alkanes of at least 4 members (excludes halogenated alkanes) is 1. The zero-order chi connectivity index (χ0) is 18.4. The van der Waals surface area contributed by atoms with E-state index in [9.17, 15) is 9.18 Å². The van der Waals surface area contributed by atoms with Gasteiger partial charge in [0, 0.05) is 19.5 Å². The number of amides is 1. The molecule has 0 N–H and O–H groups in total. The Bertz CT molecular complexity index is 401. The van der Waals surface area contributed by atoms with Crippen LogP contribution < -0.4 is 0 Å². The Kier molecular flexibility index (Phi) is 8.98. The molecule has 1 aliphatic carbocycles. The average molecular weight is 394 g/mol. The standard InChI is InChI=1S/C18H37ClFNOSi2/c1-21(18(22)11-6-7-12-20)16-9-8-10-17(15-16)23(2,3)13-14-24(4,5)19/h16-17H,6-15H2,1-5H3. The topological polar surface area (TPSA) is 20.3 Å². The van der Waals surface area contributed by atoms with Crippen LogP contribution in [-0.2, 0) is 4.79 Å². The van der Waals surface area contributed by atoms with Crippen molar-refractivity contribution in [3.05, 3.63) is 0 Å². The number of halogens is 2. The Balaban J connectivity index is 2.57. The summed E-state index contributed by atoms with van der Waals surface area (Å²) in [5.74, 6) is 0.197. The van der Waals surface area contributed by atoms with E-state index in [0.29, 0.717) is 25.3 Å². The quantitative estimate of drug-likeness (QED) is 0.265. The molecule has 0 aromatic rings. The Morgan fingerprint density at radius 2 is 1.83 bits per heavy atom. The van der Waals surface area contributed by atoms with Crippen molar-refractivity contribution in [2.75, 3.05) is 13.7 Å². The van der Waals surface area contributed by atoms with E-state index in [1.807, 2.05) is 11.9 Å². The first-order chi connectivity index (χ1) is 11.1. The minimum absolute atomic E-state index is 0.197. The lowest BCUT2D eigenvalue weighted by atomic mass is 9.93. The minimum atomic E-state index is -1.49. The third-order valence-electron chi connectivity index (χ3n) is 5.83. The van der Waals surface area contributed by atoms with Crippen LogP contribution >= 0.6 is 11.1 Å². The van der Waals surface area contributed by atoms with Crippen molar-refractivity contribution >= 4 is 32.4 Å². The monoisotopic (exact) mass is 393 g/mol. The van der Waals surface area contributed by atoms with Gasteiger partial charge in [0.15, 0.2) is 0 Å². The van der Waals surface area contributed by atoms with E-state index in [2.05, 4.69) is 26.2 Å². The number of hydrogen-bond donors (Lipinski definition) is 0. The maximum absolute atomic E-state index is 12.3. The molecule has 0 aliphatic heterocycles. The summed E-state index contributed by atoms with van der Waals surface area (Å²) in [5, 5.41) is 0. The van der Waals surface area contributed by atoms with Crippen LogP contribution in [0.25, 0.3) is 0 Å². The third-order valence-corrected chi connectivity index (χ3v) is 12.6. The molecule has 0 aromatic heterocycles. The predicted octanol–water partition coefficient (Wildman–Crippen LogP) is 6.05. The smallest absolute Gasteiger partial charge is 0.222 e.